The van der Waals surface area contributed by atoms with Crippen molar-refractivity contribution in [3.63, 3.8) is 0 Å². The van der Waals surface area contributed by atoms with Crippen LogP contribution in [0.4, 0.5) is 5.69 Å². The SMILES string of the molecule is COc1ccc(C(=O)NCCc2ccc(S(=O)(=O)N(C=O)c3ccc(CO)nc3)cc2)cc1OC. The average molecular weight is 500 g/mol. The molecule has 0 aliphatic rings. The molecule has 0 spiro atoms. The van der Waals surface area contributed by atoms with E-state index in [0.29, 0.717) is 40.0 Å². The maximum Gasteiger partial charge on any atom is 0.270 e. The van der Waals surface area contributed by atoms with Gasteiger partial charge >= 0.3 is 0 Å². The molecule has 35 heavy (non-hydrogen) atoms. The van der Waals surface area contributed by atoms with Gasteiger partial charge in [0.05, 0.1) is 43.3 Å². The largest absolute Gasteiger partial charge is 0.493 e. The maximum absolute atomic E-state index is 12.9. The van der Waals surface area contributed by atoms with E-state index in [1.165, 1.54) is 44.7 Å². The fourth-order valence-electron chi connectivity index (χ4n) is 3.24. The molecule has 0 bridgehead atoms. The molecule has 0 radical (unpaired) electrons. The second-order valence-corrected chi connectivity index (χ2v) is 9.11. The average Bonchev–Trinajstić information content (AvgIpc) is 2.89. The van der Waals surface area contributed by atoms with E-state index < -0.39 is 10.0 Å². The Labute approximate surface area is 203 Å². The fraction of sp³-hybridized carbons (Fsp3) is 0.208. The second kappa shape index (κ2) is 11.4. The highest BCUT2D eigenvalue weighted by atomic mass is 32.2. The number of benzene rings is 2. The normalized spacial score (nSPS) is 10.9. The quantitative estimate of drug-likeness (QED) is 0.382. The lowest BCUT2D eigenvalue weighted by atomic mass is 10.1. The van der Waals surface area contributed by atoms with Crippen molar-refractivity contribution in [3.05, 3.63) is 77.6 Å². The van der Waals surface area contributed by atoms with Crippen LogP contribution in [0.3, 0.4) is 0 Å². The van der Waals surface area contributed by atoms with Crippen molar-refractivity contribution >= 4 is 28.0 Å². The molecule has 0 aliphatic carbocycles. The predicted octanol–water partition coefficient (Wildman–Crippen LogP) is 1.92. The van der Waals surface area contributed by atoms with Crippen LogP contribution in [0.5, 0.6) is 11.5 Å². The molecule has 11 heteroatoms. The Kier molecular flexibility index (Phi) is 8.39. The van der Waals surface area contributed by atoms with Gasteiger partial charge in [-0.25, -0.2) is 12.7 Å². The number of carbonyl (C=O) groups excluding carboxylic acids is 2. The van der Waals surface area contributed by atoms with E-state index in [2.05, 4.69) is 10.3 Å². The standard InChI is InChI=1S/C24H25N3O7S/c1-33-22-10-5-18(13-23(22)34-2)24(30)25-12-11-17-3-8-21(9-4-17)35(31,32)27(16-29)20-7-6-19(15-28)26-14-20/h3-10,13-14,16,28H,11-12,15H2,1-2H3,(H,25,30). The summed E-state index contributed by atoms with van der Waals surface area (Å²) in [5.41, 5.74) is 1.61. The van der Waals surface area contributed by atoms with Crippen molar-refractivity contribution < 1.29 is 32.6 Å². The Bertz CT molecular complexity index is 1280. The number of sulfonamides is 1. The number of aromatic nitrogens is 1. The van der Waals surface area contributed by atoms with Crippen molar-refractivity contribution in [2.75, 3.05) is 25.1 Å². The van der Waals surface area contributed by atoms with Crippen LogP contribution in [-0.4, -0.2) is 51.6 Å². The number of aliphatic hydroxyl groups is 1. The molecule has 3 rings (SSSR count). The molecule has 184 valence electrons. The molecule has 2 amide bonds. The Morgan fingerprint density at radius 2 is 1.77 bits per heavy atom. The van der Waals surface area contributed by atoms with Gasteiger partial charge in [-0.3, -0.25) is 14.6 Å². The zero-order chi connectivity index (χ0) is 25.4. The van der Waals surface area contributed by atoms with Gasteiger partial charge in [-0.2, -0.15) is 0 Å². The van der Waals surface area contributed by atoms with E-state index >= 15 is 0 Å². The summed E-state index contributed by atoms with van der Waals surface area (Å²) in [5.74, 6) is 0.680. The van der Waals surface area contributed by atoms with Gasteiger partial charge in [-0.1, -0.05) is 12.1 Å². The molecule has 0 aliphatic heterocycles. The number of ether oxygens (including phenoxy) is 2. The number of amides is 2. The van der Waals surface area contributed by atoms with Crippen molar-refractivity contribution in [1.29, 1.82) is 0 Å². The molecule has 1 heterocycles. The molecule has 3 aromatic rings. The number of nitrogens with zero attached hydrogens (tertiary/aromatic N) is 2. The van der Waals surface area contributed by atoms with Gasteiger partial charge < -0.3 is 19.9 Å². The first-order valence-electron chi connectivity index (χ1n) is 10.5. The number of methoxy groups -OCH3 is 2. The lowest BCUT2D eigenvalue weighted by molar-refractivity contribution is -0.106. The Hall–Kier alpha value is -3.96. The first-order valence-corrected chi connectivity index (χ1v) is 11.9. The van der Waals surface area contributed by atoms with Gasteiger partial charge in [0.25, 0.3) is 15.9 Å². The zero-order valence-corrected chi connectivity index (χ0v) is 20.0. The molecule has 0 saturated carbocycles. The summed E-state index contributed by atoms with van der Waals surface area (Å²) in [7, 11) is -1.15. The minimum absolute atomic E-state index is 0.0548. The van der Waals surface area contributed by atoms with Gasteiger partial charge in [-0.15, -0.1) is 0 Å². The van der Waals surface area contributed by atoms with E-state index in [1.807, 2.05) is 0 Å². The van der Waals surface area contributed by atoms with Crippen molar-refractivity contribution in [2.45, 2.75) is 17.9 Å². The molecule has 0 unspecified atom stereocenters. The maximum atomic E-state index is 12.9. The van der Waals surface area contributed by atoms with Crippen molar-refractivity contribution in [1.82, 2.24) is 10.3 Å². The molecule has 2 N–H and O–H groups in total. The summed E-state index contributed by atoms with van der Waals surface area (Å²) in [6, 6.07) is 13.7. The monoisotopic (exact) mass is 499 g/mol. The molecule has 0 saturated heterocycles. The Balaban J connectivity index is 1.64. The first kappa shape index (κ1) is 25.7. The van der Waals surface area contributed by atoms with Gasteiger partial charge in [0.15, 0.2) is 11.5 Å². The summed E-state index contributed by atoms with van der Waals surface area (Å²) in [4.78, 5) is 27.8. The van der Waals surface area contributed by atoms with Crippen LogP contribution < -0.4 is 19.1 Å². The summed E-state index contributed by atoms with van der Waals surface area (Å²) in [6.45, 7) is 0.0208. The van der Waals surface area contributed by atoms with E-state index in [9.17, 15) is 18.0 Å². The van der Waals surface area contributed by atoms with Crippen LogP contribution in [0.25, 0.3) is 0 Å². The molecule has 1 aromatic heterocycles. The first-order chi connectivity index (χ1) is 16.8. The highest BCUT2D eigenvalue weighted by Gasteiger charge is 2.25. The molecule has 0 fully saturated rings. The lowest BCUT2D eigenvalue weighted by Gasteiger charge is -2.17. The third-order valence-electron chi connectivity index (χ3n) is 5.15. The van der Waals surface area contributed by atoms with Crippen LogP contribution >= 0.6 is 0 Å². The summed E-state index contributed by atoms with van der Waals surface area (Å²) < 4.78 is 36.8. The number of anilines is 1. The fourth-order valence-corrected chi connectivity index (χ4v) is 4.44. The molecular formula is C24H25N3O7S. The van der Waals surface area contributed by atoms with Gasteiger partial charge in [0.2, 0.25) is 6.41 Å². The Morgan fingerprint density at radius 1 is 1.06 bits per heavy atom. The highest BCUT2D eigenvalue weighted by Crippen LogP contribution is 2.27. The zero-order valence-electron chi connectivity index (χ0n) is 19.2. The number of hydrogen-bond donors (Lipinski definition) is 2. The third-order valence-corrected chi connectivity index (χ3v) is 6.83. The van der Waals surface area contributed by atoms with Crippen LogP contribution in [-0.2, 0) is 27.8 Å². The number of rotatable bonds is 11. The van der Waals surface area contributed by atoms with Gasteiger partial charge in [-0.05, 0) is 54.4 Å². The van der Waals surface area contributed by atoms with E-state index in [4.69, 9.17) is 14.6 Å². The highest BCUT2D eigenvalue weighted by molar-refractivity contribution is 7.93. The summed E-state index contributed by atoms with van der Waals surface area (Å²) in [6.07, 6.45) is 1.86. The number of aliphatic hydroxyl groups excluding tert-OH is 1. The predicted molar refractivity (Wildman–Crippen MR) is 128 cm³/mol. The minimum atomic E-state index is -4.15. The minimum Gasteiger partial charge on any atom is -0.493 e. The smallest absolute Gasteiger partial charge is 0.270 e. The number of nitrogens with one attached hydrogen (secondary N) is 1. The molecule has 0 atom stereocenters. The number of hydrogen-bond acceptors (Lipinski definition) is 8. The van der Waals surface area contributed by atoms with Crippen molar-refractivity contribution in [3.8, 4) is 11.5 Å². The molecule has 2 aromatic carbocycles. The van der Waals surface area contributed by atoms with E-state index in [0.717, 1.165) is 5.56 Å². The van der Waals surface area contributed by atoms with E-state index in [1.54, 1.807) is 30.3 Å². The van der Waals surface area contributed by atoms with Crippen molar-refractivity contribution in [2.24, 2.45) is 0 Å². The second-order valence-electron chi connectivity index (χ2n) is 7.29. The summed E-state index contributed by atoms with van der Waals surface area (Å²) in [5, 5.41) is 11.9. The third kappa shape index (κ3) is 5.94. The van der Waals surface area contributed by atoms with Crippen LogP contribution in [0.2, 0.25) is 0 Å². The van der Waals surface area contributed by atoms with Gasteiger partial charge in [0.1, 0.15) is 0 Å². The molecular weight excluding hydrogens is 474 g/mol. The van der Waals surface area contributed by atoms with Crippen LogP contribution in [0.1, 0.15) is 21.6 Å². The van der Waals surface area contributed by atoms with Crippen LogP contribution in [0, 0.1) is 0 Å². The topological polar surface area (TPSA) is 135 Å². The molecule has 10 nitrogen and oxygen atoms in total. The van der Waals surface area contributed by atoms with Gasteiger partial charge in [0, 0.05) is 12.1 Å². The lowest BCUT2D eigenvalue weighted by Crippen LogP contribution is -2.29. The summed E-state index contributed by atoms with van der Waals surface area (Å²) >= 11 is 0. The van der Waals surface area contributed by atoms with Crippen LogP contribution in [0.15, 0.2) is 65.7 Å². The van der Waals surface area contributed by atoms with E-state index in [-0.39, 0.29) is 29.5 Å². The Morgan fingerprint density at radius 3 is 2.34 bits per heavy atom. The number of carbonyl (C=O) groups is 2. The number of pyridine rings is 1.